The number of carbonyl (C=O) groups excluding carboxylic acids is 1. The predicted molar refractivity (Wildman–Crippen MR) is 128 cm³/mol. The summed E-state index contributed by atoms with van der Waals surface area (Å²) in [6.07, 6.45) is 0.448. The summed E-state index contributed by atoms with van der Waals surface area (Å²) in [7, 11) is 0. The smallest absolute Gasteiger partial charge is 0.415 e. The molecule has 0 fully saturated rings. The highest BCUT2D eigenvalue weighted by molar-refractivity contribution is 5.72. The van der Waals surface area contributed by atoms with Gasteiger partial charge in [0.2, 0.25) is 0 Å². The van der Waals surface area contributed by atoms with Crippen molar-refractivity contribution >= 4 is 12.1 Å². The summed E-state index contributed by atoms with van der Waals surface area (Å²) < 4.78 is 48.3. The molecule has 8 nitrogen and oxygen atoms in total. The zero-order chi connectivity index (χ0) is 26.3. The number of carbonyl (C=O) groups is 2. The molecule has 2 rings (SSSR count). The lowest BCUT2D eigenvalue weighted by Crippen LogP contribution is -2.39. The minimum Gasteiger partial charge on any atom is -0.492 e. The van der Waals surface area contributed by atoms with E-state index in [0.717, 1.165) is 30.5 Å². The first-order chi connectivity index (χ1) is 17.3. The van der Waals surface area contributed by atoms with Crippen molar-refractivity contribution in [2.24, 2.45) is 0 Å². The molecule has 2 aromatic rings. The molecule has 0 radical (unpaired) electrons. The molecule has 0 aliphatic carbocycles. The maximum absolute atomic E-state index is 13.5. The lowest BCUT2D eigenvalue weighted by molar-refractivity contribution is -0.149. The summed E-state index contributed by atoms with van der Waals surface area (Å²) in [5.41, 5.74) is 0.782. The fourth-order valence-electron chi connectivity index (χ4n) is 3.15. The Bertz CT molecular complexity index is 956. The van der Waals surface area contributed by atoms with E-state index in [1.54, 1.807) is 31.2 Å². The van der Waals surface area contributed by atoms with E-state index in [9.17, 15) is 23.5 Å². The van der Waals surface area contributed by atoms with Gasteiger partial charge in [-0.25, -0.2) is 18.4 Å². The topological polar surface area (TPSA) is 94.5 Å². The number of amides is 1. The van der Waals surface area contributed by atoms with Crippen molar-refractivity contribution in [2.75, 3.05) is 39.5 Å². The molecular formula is C26H33F2NO7. The fourth-order valence-corrected chi connectivity index (χ4v) is 3.15. The van der Waals surface area contributed by atoms with E-state index >= 15 is 0 Å². The number of nitrogens with zero attached hydrogens (tertiary/aromatic N) is 1. The van der Waals surface area contributed by atoms with E-state index in [1.165, 1.54) is 11.0 Å². The Kier molecular flexibility index (Phi) is 12.6. The average molecular weight is 510 g/mol. The van der Waals surface area contributed by atoms with Crippen molar-refractivity contribution in [1.82, 2.24) is 4.90 Å². The lowest BCUT2D eigenvalue weighted by Gasteiger charge is -2.22. The van der Waals surface area contributed by atoms with Crippen LogP contribution < -0.4 is 9.47 Å². The van der Waals surface area contributed by atoms with Gasteiger partial charge in [-0.05, 0) is 43.2 Å². The number of hydrogen-bond donors (Lipinski definition) is 1. The predicted octanol–water partition coefficient (Wildman–Crippen LogP) is 4.69. The largest absolute Gasteiger partial charge is 0.492 e. The van der Waals surface area contributed by atoms with Gasteiger partial charge in [0.1, 0.15) is 18.1 Å². The zero-order valence-corrected chi connectivity index (χ0v) is 20.6. The van der Waals surface area contributed by atoms with Crippen LogP contribution in [0.3, 0.4) is 0 Å². The van der Waals surface area contributed by atoms with Crippen LogP contribution in [0, 0.1) is 11.6 Å². The molecule has 0 saturated carbocycles. The Morgan fingerprint density at radius 3 is 2.28 bits per heavy atom. The standard InChI is InChI=1S/C26H33F2NO7/c1-3-5-14-33-15-12-29(26(32)36-21-10-11-22(27)23(28)18-21)13-16-35-20-8-6-19(7-9-20)17-24(25(30)31)34-4-2/h6-11,18,24H,3-5,12-17H2,1-2H3,(H,30,31). The first kappa shape index (κ1) is 29.0. The molecule has 198 valence electrons. The van der Waals surface area contributed by atoms with Crippen molar-refractivity contribution in [2.45, 2.75) is 39.2 Å². The van der Waals surface area contributed by atoms with Crippen LogP contribution in [0.25, 0.3) is 0 Å². The molecule has 0 saturated heterocycles. The number of ether oxygens (including phenoxy) is 4. The van der Waals surface area contributed by atoms with Crippen LogP contribution in [0.1, 0.15) is 32.3 Å². The van der Waals surface area contributed by atoms with Crippen LogP contribution in [-0.4, -0.2) is 67.7 Å². The lowest BCUT2D eigenvalue weighted by atomic mass is 10.1. The van der Waals surface area contributed by atoms with Crippen LogP contribution in [-0.2, 0) is 20.7 Å². The molecule has 10 heteroatoms. The Balaban J connectivity index is 1.92. The third kappa shape index (κ3) is 10.2. The van der Waals surface area contributed by atoms with Gasteiger partial charge in [-0.2, -0.15) is 0 Å². The maximum atomic E-state index is 13.5. The van der Waals surface area contributed by atoms with E-state index in [1.807, 2.05) is 6.92 Å². The van der Waals surface area contributed by atoms with E-state index < -0.39 is 29.8 Å². The van der Waals surface area contributed by atoms with Gasteiger partial charge in [-0.1, -0.05) is 25.5 Å². The molecule has 1 N–H and O–H groups in total. The minimum absolute atomic E-state index is 0.112. The second kappa shape index (κ2) is 15.7. The molecule has 0 bridgehead atoms. The first-order valence-electron chi connectivity index (χ1n) is 11.9. The summed E-state index contributed by atoms with van der Waals surface area (Å²) in [5, 5.41) is 9.22. The van der Waals surface area contributed by atoms with E-state index in [-0.39, 0.29) is 38.5 Å². The van der Waals surface area contributed by atoms with Crippen molar-refractivity contribution in [3.05, 3.63) is 59.7 Å². The van der Waals surface area contributed by atoms with Gasteiger partial charge in [0.25, 0.3) is 0 Å². The van der Waals surface area contributed by atoms with E-state index in [2.05, 4.69) is 0 Å². The van der Waals surface area contributed by atoms with Gasteiger partial charge in [-0.3, -0.25) is 0 Å². The Labute approximate surface area is 209 Å². The van der Waals surface area contributed by atoms with Crippen LogP contribution in [0.15, 0.2) is 42.5 Å². The molecule has 0 spiro atoms. The fraction of sp³-hybridized carbons (Fsp3) is 0.462. The summed E-state index contributed by atoms with van der Waals surface area (Å²) in [5.74, 6) is -2.75. The normalized spacial score (nSPS) is 11.7. The van der Waals surface area contributed by atoms with Gasteiger partial charge >= 0.3 is 12.1 Å². The summed E-state index contributed by atoms with van der Waals surface area (Å²) in [4.78, 5) is 25.3. The highest BCUT2D eigenvalue weighted by Gasteiger charge is 2.19. The SMILES string of the molecule is CCCCOCCN(CCOc1ccc(CC(OCC)C(=O)O)cc1)C(=O)Oc1ccc(F)c(F)c1. The Hall–Kier alpha value is -3.24. The van der Waals surface area contributed by atoms with Crippen molar-refractivity contribution in [3.8, 4) is 11.5 Å². The summed E-state index contributed by atoms with van der Waals surface area (Å²) in [6.45, 7) is 5.46. The number of aliphatic carboxylic acids is 1. The highest BCUT2D eigenvalue weighted by Crippen LogP contribution is 2.17. The summed E-state index contributed by atoms with van der Waals surface area (Å²) in [6, 6.07) is 9.78. The second-order valence-corrected chi connectivity index (χ2v) is 7.88. The molecule has 0 heterocycles. The molecule has 1 amide bonds. The molecule has 0 aliphatic rings. The van der Waals surface area contributed by atoms with Crippen molar-refractivity contribution < 1.29 is 42.4 Å². The monoisotopic (exact) mass is 509 g/mol. The zero-order valence-electron chi connectivity index (χ0n) is 20.6. The maximum Gasteiger partial charge on any atom is 0.415 e. The average Bonchev–Trinajstić information content (AvgIpc) is 2.85. The molecule has 1 atom stereocenters. The molecular weight excluding hydrogens is 476 g/mol. The first-order valence-corrected chi connectivity index (χ1v) is 11.9. The van der Waals surface area contributed by atoms with Gasteiger partial charge < -0.3 is 29.0 Å². The van der Waals surface area contributed by atoms with Crippen molar-refractivity contribution in [3.63, 3.8) is 0 Å². The van der Waals surface area contributed by atoms with E-state index in [4.69, 9.17) is 18.9 Å². The van der Waals surface area contributed by atoms with Crippen LogP contribution in [0.4, 0.5) is 13.6 Å². The molecule has 36 heavy (non-hydrogen) atoms. The minimum atomic E-state index is -1.11. The van der Waals surface area contributed by atoms with Gasteiger partial charge in [-0.15, -0.1) is 0 Å². The van der Waals surface area contributed by atoms with Crippen LogP contribution in [0.5, 0.6) is 11.5 Å². The number of halogens is 2. The number of carboxylic acids is 1. The number of carboxylic acid groups (broad SMARTS) is 1. The highest BCUT2D eigenvalue weighted by atomic mass is 19.2. The molecule has 0 aliphatic heterocycles. The second-order valence-electron chi connectivity index (χ2n) is 7.88. The van der Waals surface area contributed by atoms with Crippen LogP contribution >= 0.6 is 0 Å². The van der Waals surface area contributed by atoms with E-state index in [0.29, 0.717) is 19.0 Å². The third-order valence-corrected chi connectivity index (χ3v) is 5.12. The van der Waals surface area contributed by atoms with Gasteiger partial charge in [0, 0.05) is 32.2 Å². The van der Waals surface area contributed by atoms with Crippen LogP contribution in [0.2, 0.25) is 0 Å². The Morgan fingerprint density at radius 1 is 0.944 bits per heavy atom. The molecule has 0 aromatic heterocycles. The van der Waals surface area contributed by atoms with Gasteiger partial charge in [0.05, 0.1) is 13.2 Å². The number of benzene rings is 2. The molecule has 1 unspecified atom stereocenters. The molecule has 2 aromatic carbocycles. The quantitative estimate of drug-likeness (QED) is 0.328. The van der Waals surface area contributed by atoms with Crippen molar-refractivity contribution in [1.29, 1.82) is 0 Å². The number of rotatable bonds is 16. The van der Waals surface area contributed by atoms with Gasteiger partial charge in [0.15, 0.2) is 17.7 Å². The number of hydrogen-bond acceptors (Lipinski definition) is 6. The third-order valence-electron chi connectivity index (χ3n) is 5.12. The summed E-state index contributed by atoms with van der Waals surface area (Å²) >= 11 is 0. The Morgan fingerprint density at radius 2 is 1.64 bits per heavy atom. The number of unbranched alkanes of at least 4 members (excludes halogenated alkanes) is 1.